The van der Waals surface area contributed by atoms with Crippen LogP contribution in [0.3, 0.4) is 0 Å². The zero-order chi connectivity index (χ0) is 14.2. The van der Waals surface area contributed by atoms with Gasteiger partial charge in [-0.3, -0.25) is 4.79 Å². The summed E-state index contributed by atoms with van der Waals surface area (Å²) in [6.45, 7) is 10.1. The van der Waals surface area contributed by atoms with Crippen LogP contribution >= 0.6 is 0 Å². The van der Waals surface area contributed by atoms with E-state index in [1.807, 2.05) is 6.92 Å². The van der Waals surface area contributed by atoms with Gasteiger partial charge in [0.15, 0.2) is 0 Å². The molecule has 4 nitrogen and oxygen atoms in total. The molecule has 1 unspecified atom stereocenters. The Morgan fingerprint density at radius 1 is 1.28 bits per heavy atom. The van der Waals surface area contributed by atoms with Crippen molar-refractivity contribution in [3.05, 3.63) is 0 Å². The van der Waals surface area contributed by atoms with Gasteiger partial charge in [0.25, 0.3) is 0 Å². The third-order valence-corrected chi connectivity index (χ3v) is 3.22. The van der Waals surface area contributed by atoms with Crippen molar-refractivity contribution >= 4 is 5.91 Å². The number of unbranched alkanes of at least 4 members (excludes halogenated alkanes) is 1. The zero-order valence-electron chi connectivity index (χ0n) is 13.0. The van der Waals surface area contributed by atoms with Crippen LogP contribution in [0, 0.1) is 0 Å². The van der Waals surface area contributed by atoms with E-state index in [4.69, 9.17) is 0 Å². The standard InChI is InChI=1S/C14H31N3O/c1-7-14(3,4)16-13(18)12(2)15-10-8-9-11-17(5)6/h12,15H,7-11H2,1-6H3,(H,16,18). The Bertz CT molecular complexity index is 239. The van der Waals surface area contributed by atoms with Crippen LogP contribution < -0.4 is 10.6 Å². The van der Waals surface area contributed by atoms with Crippen LogP contribution in [0.4, 0.5) is 0 Å². The number of carbonyl (C=O) groups is 1. The van der Waals surface area contributed by atoms with Gasteiger partial charge in [-0.05, 0) is 67.2 Å². The summed E-state index contributed by atoms with van der Waals surface area (Å²) in [6.07, 6.45) is 3.20. The molecule has 0 aliphatic rings. The monoisotopic (exact) mass is 257 g/mol. The molecule has 0 fully saturated rings. The Hall–Kier alpha value is -0.610. The molecule has 2 N–H and O–H groups in total. The molecule has 18 heavy (non-hydrogen) atoms. The molecule has 0 aromatic heterocycles. The number of nitrogens with zero attached hydrogens (tertiary/aromatic N) is 1. The van der Waals surface area contributed by atoms with E-state index in [1.165, 1.54) is 0 Å². The number of carbonyl (C=O) groups excluding carboxylic acids is 1. The van der Waals surface area contributed by atoms with Gasteiger partial charge in [0.05, 0.1) is 6.04 Å². The quantitative estimate of drug-likeness (QED) is 0.617. The minimum absolute atomic E-state index is 0.0921. The lowest BCUT2D eigenvalue weighted by molar-refractivity contribution is -0.124. The van der Waals surface area contributed by atoms with Gasteiger partial charge in [-0.2, -0.15) is 0 Å². The fourth-order valence-electron chi connectivity index (χ4n) is 1.49. The first kappa shape index (κ1) is 17.4. The van der Waals surface area contributed by atoms with Crippen molar-refractivity contribution in [2.45, 2.75) is 58.5 Å². The Morgan fingerprint density at radius 3 is 2.39 bits per heavy atom. The molecule has 0 rings (SSSR count). The fraction of sp³-hybridized carbons (Fsp3) is 0.929. The first-order valence-corrected chi connectivity index (χ1v) is 6.98. The smallest absolute Gasteiger partial charge is 0.237 e. The summed E-state index contributed by atoms with van der Waals surface area (Å²) < 4.78 is 0. The van der Waals surface area contributed by atoms with Crippen molar-refractivity contribution in [1.29, 1.82) is 0 Å². The van der Waals surface area contributed by atoms with E-state index < -0.39 is 0 Å². The van der Waals surface area contributed by atoms with Crippen LogP contribution in [0.25, 0.3) is 0 Å². The molecule has 1 amide bonds. The topological polar surface area (TPSA) is 44.4 Å². The molecule has 0 radical (unpaired) electrons. The highest BCUT2D eigenvalue weighted by Gasteiger charge is 2.21. The summed E-state index contributed by atoms with van der Waals surface area (Å²) >= 11 is 0. The average molecular weight is 257 g/mol. The lowest BCUT2D eigenvalue weighted by Crippen LogP contribution is -2.50. The molecular weight excluding hydrogens is 226 g/mol. The molecule has 0 spiro atoms. The molecule has 4 heteroatoms. The Kier molecular flexibility index (Phi) is 8.20. The van der Waals surface area contributed by atoms with Crippen molar-refractivity contribution in [2.75, 3.05) is 27.2 Å². The minimum Gasteiger partial charge on any atom is -0.350 e. The highest BCUT2D eigenvalue weighted by molar-refractivity contribution is 5.81. The Morgan fingerprint density at radius 2 is 1.89 bits per heavy atom. The molecule has 0 bridgehead atoms. The molecule has 0 saturated heterocycles. The molecule has 1 atom stereocenters. The summed E-state index contributed by atoms with van der Waals surface area (Å²) in [7, 11) is 4.16. The third-order valence-electron chi connectivity index (χ3n) is 3.22. The van der Waals surface area contributed by atoms with Gasteiger partial charge in [0.1, 0.15) is 0 Å². The summed E-state index contributed by atoms with van der Waals surface area (Å²) in [5, 5.41) is 6.33. The first-order valence-electron chi connectivity index (χ1n) is 6.98. The van der Waals surface area contributed by atoms with E-state index in [0.717, 1.165) is 32.4 Å². The molecule has 0 aliphatic heterocycles. The molecular formula is C14H31N3O. The Labute approximate surface area is 113 Å². The number of nitrogens with one attached hydrogen (secondary N) is 2. The second-order valence-electron chi connectivity index (χ2n) is 5.91. The summed E-state index contributed by atoms with van der Waals surface area (Å²) in [6, 6.07) is -0.116. The molecule has 108 valence electrons. The van der Waals surface area contributed by atoms with Crippen LogP contribution in [-0.2, 0) is 4.79 Å². The highest BCUT2D eigenvalue weighted by Crippen LogP contribution is 2.06. The van der Waals surface area contributed by atoms with Gasteiger partial charge in [-0.15, -0.1) is 0 Å². The second kappa shape index (κ2) is 8.48. The normalized spacial score (nSPS) is 13.7. The molecule has 0 aromatic rings. The average Bonchev–Trinajstić information content (AvgIpc) is 2.27. The van der Waals surface area contributed by atoms with Crippen molar-refractivity contribution in [3.8, 4) is 0 Å². The molecule has 0 heterocycles. The number of rotatable bonds is 9. The van der Waals surface area contributed by atoms with Crippen LogP contribution in [0.1, 0.15) is 47.0 Å². The highest BCUT2D eigenvalue weighted by atomic mass is 16.2. The van der Waals surface area contributed by atoms with Gasteiger partial charge >= 0.3 is 0 Å². The number of hydrogen-bond donors (Lipinski definition) is 2. The minimum atomic E-state index is -0.116. The predicted octanol–water partition coefficient (Wildman–Crippen LogP) is 1.61. The number of hydrogen-bond acceptors (Lipinski definition) is 3. The zero-order valence-corrected chi connectivity index (χ0v) is 13.0. The van der Waals surface area contributed by atoms with Crippen molar-refractivity contribution in [3.63, 3.8) is 0 Å². The SMILES string of the molecule is CCC(C)(C)NC(=O)C(C)NCCCCN(C)C. The third kappa shape index (κ3) is 8.48. The van der Waals surface area contributed by atoms with Crippen LogP contribution in [0.15, 0.2) is 0 Å². The van der Waals surface area contributed by atoms with Gasteiger partial charge in [0.2, 0.25) is 5.91 Å². The molecule has 0 saturated carbocycles. The predicted molar refractivity (Wildman–Crippen MR) is 77.8 cm³/mol. The van der Waals surface area contributed by atoms with E-state index in [-0.39, 0.29) is 17.5 Å². The first-order chi connectivity index (χ1) is 8.28. The second-order valence-corrected chi connectivity index (χ2v) is 5.91. The maximum absolute atomic E-state index is 11.9. The largest absolute Gasteiger partial charge is 0.350 e. The van der Waals surface area contributed by atoms with Crippen LogP contribution in [0.5, 0.6) is 0 Å². The lowest BCUT2D eigenvalue weighted by Gasteiger charge is -2.26. The molecule has 0 aliphatic carbocycles. The van der Waals surface area contributed by atoms with Gasteiger partial charge in [0, 0.05) is 5.54 Å². The van der Waals surface area contributed by atoms with Crippen molar-refractivity contribution in [2.24, 2.45) is 0 Å². The van der Waals surface area contributed by atoms with Gasteiger partial charge in [-0.25, -0.2) is 0 Å². The van der Waals surface area contributed by atoms with Crippen molar-refractivity contribution in [1.82, 2.24) is 15.5 Å². The maximum atomic E-state index is 11.9. The van der Waals surface area contributed by atoms with Crippen LogP contribution in [0.2, 0.25) is 0 Å². The van der Waals surface area contributed by atoms with E-state index in [1.54, 1.807) is 0 Å². The van der Waals surface area contributed by atoms with E-state index >= 15 is 0 Å². The summed E-state index contributed by atoms with van der Waals surface area (Å²) in [5.74, 6) is 0.0921. The van der Waals surface area contributed by atoms with Gasteiger partial charge in [-0.1, -0.05) is 6.92 Å². The number of amides is 1. The van der Waals surface area contributed by atoms with E-state index in [2.05, 4.69) is 50.4 Å². The fourth-order valence-corrected chi connectivity index (χ4v) is 1.49. The van der Waals surface area contributed by atoms with E-state index in [0.29, 0.717) is 0 Å². The van der Waals surface area contributed by atoms with Crippen molar-refractivity contribution < 1.29 is 4.79 Å². The summed E-state index contributed by atoms with van der Waals surface area (Å²) in [5.41, 5.74) is -0.113. The maximum Gasteiger partial charge on any atom is 0.237 e. The lowest BCUT2D eigenvalue weighted by atomic mass is 10.0. The Balaban J connectivity index is 3.75. The van der Waals surface area contributed by atoms with Crippen LogP contribution in [-0.4, -0.2) is 49.6 Å². The molecule has 0 aromatic carbocycles. The van der Waals surface area contributed by atoms with E-state index in [9.17, 15) is 4.79 Å². The van der Waals surface area contributed by atoms with Gasteiger partial charge < -0.3 is 15.5 Å². The summed E-state index contributed by atoms with van der Waals surface area (Å²) in [4.78, 5) is 14.1.